The molecule has 0 unspecified atom stereocenters. The van der Waals surface area contributed by atoms with Gasteiger partial charge in [-0.15, -0.1) is 0 Å². The third-order valence-corrected chi connectivity index (χ3v) is 6.63. The van der Waals surface area contributed by atoms with Crippen molar-refractivity contribution in [2.45, 2.75) is 18.7 Å². The van der Waals surface area contributed by atoms with Crippen molar-refractivity contribution in [2.75, 3.05) is 24.7 Å². The predicted octanol–water partition coefficient (Wildman–Crippen LogP) is 2.34. The number of sulfonamides is 1. The zero-order valence-corrected chi connectivity index (χ0v) is 17.2. The predicted molar refractivity (Wildman–Crippen MR) is 113 cm³/mol. The van der Waals surface area contributed by atoms with Crippen LogP contribution in [0.1, 0.15) is 11.1 Å². The van der Waals surface area contributed by atoms with Gasteiger partial charge in [-0.05, 0) is 37.1 Å². The molecule has 0 radical (unpaired) electrons. The molecule has 0 saturated heterocycles. The second kappa shape index (κ2) is 7.34. The maximum absolute atomic E-state index is 12.5. The smallest absolute Gasteiger partial charge is 0.253 e. The van der Waals surface area contributed by atoms with Crippen molar-refractivity contribution < 1.29 is 13.5 Å². The molecular weight excluding hydrogens is 394 g/mol. The fraction of sp³-hybridized carbons (Fsp3) is 0.200. The number of para-hydroxylation sites is 1. The van der Waals surface area contributed by atoms with Gasteiger partial charge in [-0.3, -0.25) is 9.59 Å². The van der Waals surface area contributed by atoms with Gasteiger partial charge in [-0.1, -0.05) is 24.3 Å². The molecule has 0 aliphatic carbocycles. The lowest BCUT2D eigenvalue weighted by Crippen LogP contribution is -2.36. The summed E-state index contributed by atoms with van der Waals surface area (Å²) < 4.78 is 26.1. The van der Waals surface area contributed by atoms with E-state index in [0.29, 0.717) is 11.3 Å². The number of aryl methyl sites for hydroxylation is 2. The van der Waals surface area contributed by atoms with E-state index in [-0.39, 0.29) is 22.0 Å². The summed E-state index contributed by atoms with van der Waals surface area (Å²) in [5, 5.41) is 16.2. The van der Waals surface area contributed by atoms with E-state index >= 15 is 0 Å². The lowest BCUT2D eigenvalue weighted by molar-refractivity contribution is 0.453. The molecule has 0 atom stereocenters. The Morgan fingerprint density at radius 1 is 0.828 bits per heavy atom. The van der Waals surface area contributed by atoms with Crippen LogP contribution < -0.4 is 21.5 Å². The molecule has 3 rings (SSSR count). The number of hydrogen-bond donors (Lipinski definition) is 3. The number of phenols is 1. The Morgan fingerprint density at radius 2 is 1.38 bits per heavy atom. The van der Waals surface area contributed by atoms with Crippen molar-refractivity contribution in [3.05, 3.63) is 68.0 Å². The molecule has 3 aromatic carbocycles. The highest BCUT2D eigenvalue weighted by Gasteiger charge is 2.28. The van der Waals surface area contributed by atoms with Crippen LogP contribution in [0.3, 0.4) is 0 Å². The Labute approximate surface area is 168 Å². The Bertz CT molecular complexity index is 1270. The molecule has 0 bridgehead atoms. The Morgan fingerprint density at radius 3 is 1.93 bits per heavy atom. The summed E-state index contributed by atoms with van der Waals surface area (Å²) in [5.41, 5.74) is 0.477. The minimum atomic E-state index is -3.92. The summed E-state index contributed by atoms with van der Waals surface area (Å²) in [6, 6.07) is 10.2. The average Bonchev–Trinajstić information content (AvgIpc) is 2.66. The molecular formula is C20H21N3O5S. The maximum Gasteiger partial charge on any atom is 0.253 e. The third kappa shape index (κ3) is 3.50. The lowest BCUT2D eigenvalue weighted by Gasteiger charge is -2.19. The van der Waals surface area contributed by atoms with E-state index in [2.05, 4.69) is 10.6 Å². The number of anilines is 4. The van der Waals surface area contributed by atoms with E-state index in [4.69, 9.17) is 0 Å². The van der Waals surface area contributed by atoms with Crippen LogP contribution in [-0.4, -0.2) is 31.9 Å². The lowest BCUT2D eigenvalue weighted by atomic mass is 10.1. The molecule has 0 saturated carbocycles. The van der Waals surface area contributed by atoms with E-state index in [1.54, 1.807) is 19.1 Å². The molecule has 0 spiro atoms. The Hall–Kier alpha value is -3.17. The van der Waals surface area contributed by atoms with Crippen LogP contribution in [-0.2, 0) is 10.0 Å². The van der Waals surface area contributed by atoms with Gasteiger partial charge in [0, 0.05) is 19.8 Å². The molecule has 0 amide bonds. The first-order valence-corrected chi connectivity index (χ1v) is 10.2. The van der Waals surface area contributed by atoms with E-state index in [9.17, 15) is 23.1 Å². The molecule has 9 heteroatoms. The molecule has 152 valence electrons. The van der Waals surface area contributed by atoms with Gasteiger partial charge >= 0.3 is 0 Å². The molecule has 0 aliphatic rings. The molecule has 0 aliphatic heterocycles. The number of phenolic OH excluding ortho intramolecular Hbond substituents is 1. The summed E-state index contributed by atoms with van der Waals surface area (Å²) in [7, 11) is -1.20. The largest absolute Gasteiger partial charge is 0.504 e. The Kier molecular flexibility index (Phi) is 5.20. The van der Waals surface area contributed by atoms with Crippen LogP contribution in [0.25, 0.3) is 0 Å². The first-order chi connectivity index (χ1) is 13.6. The molecule has 0 fully saturated rings. The highest BCUT2D eigenvalue weighted by Crippen LogP contribution is 2.37. The molecule has 0 heterocycles. The van der Waals surface area contributed by atoms with Gasteiger partial charge in [0.05, 0.1) is 5.69 Å². The molecule has 3 N–H and O–H groups in total. The Balaban J connectivity index is 2.03. The van der Waals surface area contributed by atoms with Crippen molar-refractivity contribution in [3.8, 4) is 5.75 Å². The first-order valence-electron chi connectivity index (χ1n) is 8.73. The average molecular weight is 415 g/mol. The number of benzene rings is 2. The van der Waals surface area contributed by atoms with Crippen molar-refractivity contribution >= 4 is 32.8 Å². The molecule has 8 nitrogen and oxygen atoms in total. The van der Waals surface area contributed by atoms with Crippen LogP contribution in [0.2, 0.25) is 0 Å². The highest BCUT2D eigenvalue weighted by molar-refractivity contribution is 7.89. The minimum absolute atomic E-state index is 0.0101. The number of aromatic hydroxyl groups is 1. The van der Waals surface area contributed by atoms with E-state index in [1.807, 2.05) is 19.1 Å². The quantitative estimate of drug-likeness (QED) is 0.418. The summed E-state index contributed by atoms with van der Waals surface area (Å²) in [6.45, 7) is 3.41. The first kappa shape index (κ1) is 20.6. The summed E-state index contributed by atoms with van der Waals surface area (Å²) in [4.78, 5) is 23.9. The molecule has 29 heavy (non-hydrogen) atoms. The van der Waals surface area contributed by atoms with Crippen LogP contribution in [0.5, 0.6) is 5.75 Å². The zero-order valence-electron chi connectivity index (χ0n) is 16.4. The van der Waals surface area contributed by atoms with Crippen LogP contribution in [0.4, 0.5) is 22.7 Å². The highest BCUT2D eigenvalue weighted by atomic mass is 32.2. The van der Waals surface area contributed by atoms with Crippen molar-refractivity contribution in [2.24, 2.45) is 0 Å². The van der Waals surface area contributed by atoms with Gasteiger partial charge in [0.2, 0.25) is 10.0 Å². The van der Waals surface area contributed by atoms with Gasteiger partial charge in [0.1, 0.15) is 16.3 Å². The fourth-order valence-electron chi connectivity index (χ4n) is 2.89. The van der Waals surface area contributed by atoms with Crippen molar-refractivity contribution in [3.63, 3.8) is 0 Å². The standard InChI is InChI=1S/C20H21N3O5S/c1-11-7-5-6-8-13(11)21-15-16(19(26)18(15)25)22-14-10-9-12(2)20(17(14)24)29(27,28)23(3)4/h5-10,21-22,24H,1-4H3. The minimum Gasteiger partial charge on any atom is -0.504 e. The number of rotatable bonds is 6. The zero-order chi connectivity index (χ0) is 21.5. The summed E-state index contributed by atoms with van der Waals surface area (Å²) >= 11 is 0. The van der Waals surface area contributed by atoms with Crippen LogP contribution >= 0.6 is 0 Å². The number of nitrogens with zero attached hydrogens (tertiary/aromatic N) is 1. The van der Waals surface area contributed by atoms with Crippen molar-refractivity contribution in [1.29, 1.82) is 0 Å². The topological polar surface area (TPSA) is 116 Å². The van der Waals surface area contributed by atoms with Gasteiger partial charge in [0.15, 0.2) is 5.75 Å². The monoisotopic (exact) mass is 415 g/mol. The van der Waals surface area contributed by atoms with E-state index in [1.165, 1.54) is 26.2 Å². The van der Waals surface area contributed by atoms with Crippen molar-refractivity contribution in [1.82, 2.24) is 4.31 Å². The fourth-order valence-corrected chi connectivity index (χ4v) is 4.09. The third-order valence-electron chi connectivity index (χ3n) is 4.64. The van der Waals surface area contributed by atoms with Gasteiger partial charge in [0.25, 0.3) is 10.9 Å². The summed E-state index contributed by atoms with van der Waals surface area (Å²) in [5.74, 6) is -0.520. The summed E-state index contributed by atoms with van der Waals surface area (Å²) in [6.07, 6.45) is 0. The SMILES string of the molecule is Cc1ccccc1Nc1c(Nc2ccc(C)c(S(=O)(=O)N(C)C)c2O)c(=O)c1=O. The second-order valence-corrected chi connectivity index (χ2v) is 8.96. The number of hydrogen-bond acceptors (Lipinski definition) is 7. The number of nitrogens with one attached hydrogen (secondary N) is 2. The van der Waals surface area contributed by atoms with E-state index in [0.717, 1.165) is 9.87 Å². The van der Waals surface area contributed by atoms with Gasteiger partial charge in [-0.2, -0.15) is 0 Å². The van der Waals surface area contributed by atoms with Gasteiger partial charge < -0.3 is 15.7 Å². The van der Waals surface area contributed by atoms with Gasteiger partial charge in [-0.25, -0.2) is 12.7 Å². The molecule has 3 aromatic rings. The second-order valence-electron chi connectivity index (χ2n) is 6.87. The normalized spacial score (nSPS) is 11.8. The molecule has 0 aromatic heterocycles. The van der Waals surface area contributed by atoms with Crippen LogP contribution in [0, 0.1) is 13.8 Å². The van der Waals surface area contributed by atoms with E-state index < -0.39 is 26.6 Å². The maximum atomic E-state index is 12.5. The van der Waals surface area contributed by atoms with Crippen LogP contribution in [0.15, 0.2) is 50.9 Å².